The van der Waals surface area contributed by atoms with Gasteiger partial charge in [-0.1, -0.05) is 152 Å². The molecule has 70 heavy (non-hydrogen) atoms. The van der Waals surface area contributed by atoms with Gasteiger partial charge in [0.1, 0.15) is 0 Å². The molecule has 0 aliphatic heterocycles. The van der Waals surface area contributed by atoms with Gasteiger partial charge in [0.05, 0.1) is 43.5 Å². The lowest BCUT2D eigenvalue weighted by atomic mass is 10.0. The molecule has 6 nitrogen and oxygen atoms in total. The van der Waals surface area contributed by atoms with Crippen molar-refractivity contribution in [1.29, 1.82) is 0 Å². The topological polar surface area (TPSA) is 53.5 Å². The standard InChI is InChI=1S/C63H38N6S/c1-4-18-39(19-5-1)61-64-62(40-20-6-2-7-21-40)66-63(65-61)47-33-35-55(60-59(47)46-27-13-17-31-58(46)70-60)69-54-34-32-42(68-51-28-14-10-24-43(51)44-25-11-15-29-52(44)68)36-48(54)50-38-56-49(37-57(50)69)45-26-12-16-30-53(45)67(56)41-22-8-3-9-23-41/h1-38H. The van der Waals surface area contributed by atoms with E-state index in [-0.39, 0.29) is 0 Å². The minimum Gasteiger partial charge on any atom is -0.309 e. The maximum absolute atomic E-state index is 5.27. The summed E-state index contributed by atoms with van der Waals surface area (Å²) in [4.78, 5) is 15.6. The van der Waals surface area contributed by atoms with Crippen molar-refractivity contribution in [3.8, 4) is 51.2 Å². The van der Waals surface area contributed by atoms with Gasteiger partial charge in [-0.2, -0.15) is 0 Å². The second kappa shape index (κ2) is 15.2. The summed E-state index contributed by atoms with van der Waals surface area (Å²) in [5.41, 5.74) is 13.2. The van der Waals surface area contributed by atoms with Crippen molar-refractivity contribution in [1.82, 2.24) is 28.7 Å². The van der Waals surface area contributed by atoms with Crippen LogP contribution in [0.2, 0.25) is 0 Å². The molecule has 0 saturated carbocycles. The fraction of sp³-hybridized carbons (Fsp3) is 0. The zero-order valence-electron chi connectivity index (χ0n) is 37.5. The Hall–Kier alpha value is -9.17. The number of hydrogen-bond donors (Lipinski definition) is 0. The monoisotopic (exact) mass is 910 g/mol. The van der Waals surface area contributed by atoms with Crippen molar-refractivity contribution in [2.24, 2.45) is 0 Å². The minimum absolute atomic E-state index is 0.640. The number of rotatable bonds is 6. The highest BCUT2D eigenvalue weighted by atomic mass is 32.1. The molecule has 0 unspecified atom stereocenters. The van der Waals surface area contributed by atoms with Gasteiger partial charge in [-0.15, -0.1) is 11.3 Å². The Bertz CT molecular complexity index is 4470. The van der Waals surface area contributed by atoms with Crippen LogP contribution in [-0.4, -0.2) is 28.7 Å². The van der Waals surface area contributed by atoms with Gasteiger partial charge in [-0.05, 0) is 78.9 Å². The van der Waals surface area contributed by atoms with Crippen molar-refractivity contribution >= 4 is 96.9 Å². The number of aromatic nitrogens is 6. The molecule has 0 atom stereocenters. The Kier molecular flexibility index (Phi) is 8.43. The third-order valence-corrected chi connectivity index (χ3v) is 15.3. The van der Waals surface area contributed by atoms with E-state index >= 15 is 0 Å². The van der Waals surface area contributed by atoms with Gasteiger partial charge in [0, 0.05) is 75.9 Å². The molecule has 0 fully saturated rings. The molecule has 5 aromatic heterocycles. The lowest BCUT2D eigenvalue weighted by Gasteiger charge is -2.14. The predicted octanol–water partition coefficient (Wildman–Crippen LogP) is 16.5. The van der Waals surface area contributed by atoms with Crippen molar-refractivity contribution in [3.05, 3.63) is 231 Å². The molecule has 5 heterocycles. The molecule has 0 spiro atoms. The zero-order chi connectivity index (χ0) is 45.9. The van der Waals surface area contributed by atoms with Gasteiger partial charge in [0.15, 0.2) is 17.5 Å². The van der Waals surface area contributed by atoms with E-state index in [0.29, 0.717) is 17.5 Å². The molecular formula is C63H38N6S. The van der Waals surface area contributed by atoms with Gasteiger partial charge in [-0.3, -0.25) is 0 Å². The number of fused-ring (bicyclic) bond motifs is 12. The van der Waals surface area contributed by atoms with E-state index in [1.165, 1.54) is 69.2 Å². The molecule has 0 saturated heterocycles. The summed E-state index contributed by atoms with van der Waals surface area (Å²) in [6.07, 6.45) is 0. The molecule has 0 amide bonds. The largest absolute Gasteiger partial charge is 0.309 e. The van der Waals surface area contributed by atoms with E-state index < -0.39 is 0 Å². The third kappa shape index (κ3) is 5.76. The molecule has 0 N–H and O–H groups in total. The number of hydrogen-bond acceptors (Lipinski definition) is 4. The lowest BCUT2D eigenvalue weighted by Crippen LogP contribution is -2.01. The van der Waals surface area contributed by atoms with Crippen molar-refractivity contribution < 1.29 is 0 Å². The Balaban J connectivity index is 1.05. The quantitative estimate of drug-likeness (QED) is 0.167. The van der Waals surface area contributed by atoms with E-state index in [0.717, 1.165) is 50.2 Å². The van der Waals surface area contributed by atoms with Gasteiger partial charge in [0.25, 0.3) is 0 Å². The summed E-state index contributed by atoms with van der Waals surface area (Å²) in [7, 11) is 0. The number of para-hydroxylation sites is 4. The van der Waals surface area contributed by atoms with Crippen LogP contribution in [0.4, 0.5) is 0 Å². The molecule has 326 valence electrons. The summed E-state index contributed by atoms with van der Waals surface area (Å²) < 4.78 is 9.72. The minimum atomic E-state index is 0.640. The SMILES string of the molecule is c1ccc(-c2nc(-c3ccccc3)nc(-c3ccc(-n4c5ccc(-n6c7ccccc7c7ccccc76)cc5c5cc6c(cc54)c4ccccc4n6-c4ccccc4)c4sc5ccccc5c34)n2)cc1. The van der Waals surface area contributed by atoms with Gasteiger partial charge in [0.2, 0.25) is 0 Å². The lowest BCUT2D eigenvalue weighted by molar-refractivity contribution is 1.08. The molecule has 15 aromatic rings. The van der Waals surface area contributed by atoms with Crippen molar-refractivity contribution in [2.75, 3.05) is 0 Å². The number of benzene rings is 10. The molecule has 7 heteroatoms. The van der Waals surface area contributed by atoms with Crippen LogP contribution in [-0.2, 0) is 0 Å². The normalized spacial score (nSPS) is 12.0. The molecule has 0 bridgehead atoms. The summed E-state index contributed by atoms with van der Waals surface area (Å²) in [6.45, 7) is 0. The van der Waals surface area contributed by atoms with Gasteiger partial charge >= 0.3 is 0 Å². The van der Waals surface area contributed by atoms with Crippen molar-refractivity contribution in [2.45, 2.75) is 0 Å². The molecular weight excluding hydrogens is 873 g/mol. The smallest absolute Gasteiger partial charge is 0.164 e. The van der Waals surface area contributed by atoms with Crippen LogP contribution in [0.3, 0.4) is 0 Å². The highest BCUT2D eigenvalue weighted by Crippen LogP contribution is 2.47. The molecule has 0 aliphatic rings. The first-order chi connectivity index (χ1) is 34.7. The second-order valence-corrected chi connectivity index (χ2v) is 19.0. The van der Waals surface area contributed by atoms with Crippen molar-refractivity contribution in [3.63, 3.8) is 0 Å². The summed E-state index contributed by atoms with van der Waals surface area (Å²) in [5.74, 6) is 1.92. The first-order valence-electron chi connectivity index (χ1n) is 23.6. The van der Waals surface area contributed by atoms with E-state index in [1.54, 1.807) is 0 Å². The second-order valence-electron chi connectivity index (χ2n) is 18.0. The van der Waals surface area contributed by atoms with Crippen LogP contribution in [0.1, 0.15) is 0 Å². The Morgan fingerprint density at radius 3 is 1.39 bits per heavy atom. The first kappa shape index (κ1) is 38.9. The molecule has 0 radical (unpaired) electrons. The third-order valence-electron chi connectivity index (χ3n) is 14.1. The Morgan fingerprint density at radius 2 is 0.757 bits per heavy atom. The van der Waals surface area contributed by atoms with Gasteiger partial charge in [-0.25, -0.2) is 15.0 Å². The average Bonchev–Trinajstić information content (AvgIpc) is 4.17. The maximum atomic E-state index is 5.27. The molecule has 15 rings (SSSR count). The summed E-state index contributed by atoms with van der Waals surface area (Å²) >= 11 is 1.82. The summed E-state index contributed by atoms with van der Waals surface area (Å²) in [5, 5.41) is 9.56. The Morgan fingerprint density at radius 1 is 0.300 bits per heavy atom. The van der Waals surface area contributed by atoms with Crippen LogP contribution in [0.15, 0.2) is 231 Å². The van der Waals surface area contributed by atoms with Crippen LogP contribution in [0.5, 0.6) is 0 Å². The van der Waals surface area contributed by atoms with Crippen LogP contribution < -0.4 is 0 Å². The molecule has 0 aliphatic carbocycles. The Labute approximate surface area is 405 Å². The summed E-state index contributed by atoms with van der Waals surface area (Å²) in [6, 6.07) is 82.7. The van der Waals surface area contributed by atoms with E-state index in [4.69, 9.17) is 15.0 Å². The fourth-order valence-corrected chi connectivity index (χ4v) is 12.3. The highest BCUT2D eigenvalue weighted by Gasteiger charge is 2.24. The highest BCUT2D eigenvalue weighted by molar-refractivity contribution is 7.26. The van der Waals surface area contributed by atoms with Gasteiger partial charge < -0.3 is 13.7 Å². The average molecular weight is 911 g/mol. The van der Waals surface area contributed by atoms with E-state index in [1.807, 2.05) is 47.7 Å². The fourth-order valence-electron chi connectivity index (χ4n) is 11.0. The zero-order valence-corrected chi connectivity index (χ0v) is 38.3. The van der Waals surface area contributed by atoms with E-state index in [2.05, 4.69) is 208 Å². The van der Waals surface area contributed by atoms with Crippen LogP contribution in [0.25, 0.3) is 137 Å². The number of nitrogens with zero attached hydrogens (tertiary/aromatic N) is 6. The number of thiophene rings is 1. The predicted molar refractivity (Wildman–Crippen MR) is 292 cm³/mol. The maximum Gasteiger partial charge on any atom is 0.164 e. The first-order valence-corrected chi connectivity index (χ1v) is 24.4. The van der Waals surface area contributed by atoms with E-state index in [9.17, 15) is 0 Å². The van der Waals surface area contributed by atoms with Crippen LogP contribution in [0, 0.1) is 0 Å². The molecule has 10 aromatic carbocycles. The van der Waals surface area contributed by atoms with Crippen LogP contribution >= 0.6 is 11.3 Å².